The highest BCUT2D eigenvalue weighted by Gasteiger charge is 2.15. The Morgan fingerprint density at radius 3 is 2.33 bits per heavy atom. The van der Waals surface area contributed by atoms with Gasteiger partial charge in [0.15, 0.2) is 0 Å². The second-order valence-electron chi connectivity index (χ2n) is 3.90. The van der Waals surface area contributed by atoms with Crippen LogP contribution in [0, 0.1) is 0 Å². The van der Waals surface area contributed by atoms with Crippen molar-refractivity contribution in [3.05, 3.63) is 0 Å². The van der Waals surface area contributed by atoms with Crippen LogP contribution in [0.5, 0.6) is 0 Å². The summed E-state index contributed by atoms with van der Waals surface area (Å²) in [5.41, 5.74) is 0. The first kappa shape index (κ1) is 12.2. The second kappa shape index (κ2) is 6.56. The van der Waals surface area contributed by atoms with E-state index >= 15 is 0 Å². The highest BCUT2D eigenvalue weighted by atomic mass is 16.5. The highest BCUT2D eigenvalue weighted by molar-refractivity contribution is 5.77. The van der Waals surface area contributed by atoms with E-state index in [1.165, 1.54) is 0 Å². The molecule has 1 amide bonds. The maximum atomic E-state index is 11.6. The summed E-state index contributed by atoms with van der Waals surface area (Å²) in [5.74, 6) is 0.399. The first-order valence-corrected chi connectivity index (χ1v) is 5.55. The van der Waals surface area contributed by atoms with Crippen LogP contribution in [0.2, 0.25) is 0 Å². The van der Waals surface area contributed by atoms with Crippen LogP contribution < -0.4 is 0 Å². The van der Waals surface area contributed by atoms with Gasteiger partial charge in [-0.15, -0.1) is 0 Å². The summed E-state index contributed by atoms with van der Waals surface area (Å²) in [6, 6.07) is 0. The first-order valence-electron chi connectivity index (χ1n) is 5.55. The molecule has 0 aliphatic carbocycles. The third-order valence-electron chi connectivity index (χ3n) is 2.53. The van der Waals surface area contributed by atoms with Gasteiger partial charge < -0.3 is 14.4 Å². The lowest BCUT2D eigenvalue weighted by Crippen LogP contribution is -2.40. The van der Waals surface area contributed by atoms with E-state index in [0.29, 0.717) is 39.1 Å². The van der Waals surface area contributed by atoms with Crippen molar-refractivity contribution in [1.82, 2.24) is 4.90 Å². The van der Waals surface area contributed by atoms with Crippen LogP contribution in [0.3, 0.4) is 0 Å². The molecular weight excluding hydrogens is 194 g/mol. The Hall–Kier alpha value is -0.900. The predicted octanol–water partition coefficient (Wildman–Crippen LogP) is 0.995. The number of Topliss-reactive ketones (excluding diaryl/α,β-unsaturated/α-hetero) is 1. The minimum Gasteiger partial charge on any atom is -0.378 e. The molecule has 1 fully saturated rings. The van der Waals surface area contributed by atoms with E-state index in [4.69, 9.17) is 4.74 Å². The lowest BCUT2D eigenvalue weighted by atomic mass is 10.1. The van der Waals surface area contributed by atoms with Gasteiger partial charge in [0.25, 0.3) is 0 Å². The van der Waals surface area contributed by atoms with Crippen molar-refractivity contribution >= 4 is 11.7 Å². The molecule has 0 atom stereocenters. The number of ketones is 1. The molecule has 0 N–H and O–H groups in total. The van der Waals surface area contributed by atoms with Crippen LogP contribution in [0.25, 0.3) is 0 Å². The lowest BCUT2D eigenvalue weighted by molar-refractivity contribution is -0.135. The Morgan fingerprint density at radius 2 is 1.73 bits per heavy atom. The molecule has 1 heterocycles. The fraction of sp³-hybridized carbons (Fsp3) is 0.818. The molecule has 1 saturated heterocycles. The van der Waals surface area contributed by atoms with Gasteiger partial charge in [-0.05, 0) is 19.8 Å². The van der Waals surface area contributed by atoms with Gasteiger partial charge in [-0.2, -0.15) is 0 Å². The van der Waals surface area contributed by atoms with Crippen LogP contribution in [0.15, 0.2) is 0 Å². The van der Waals surface area contributed by atoms with E-state index in [2.05, 4.69) is 0 Å². The number of ether oxygens (including phenoxy) is 1. The molecule has 0 spiro atoms. The quantitative estimate of drug-likeness (QED) is 0.640. The molecule has 1 aliphatic rings. The first-order chi connectivity index (χ1) is 7.20. The number of hydrogen-bond donors (Lipinski definition) is 0. The van der Waals surface area contributed by atoms with Crippen molar-refractivity contribution in [2.45, 2.75) is 32.6 Å². The molecule has 86 valence electrons. The minimum absolute atomic E-state index is 0.196. The van der Waals surface area contributed by atoms with Crippen molar-refractivity contribution in [2.24, 2.45) is 0 Å². The van der Waals surface area contributed by atoms with Crippen LogP contribution >= 0.6 is 0 Å². The third kappa shape index (κ3) is 4.93. The van der Waals surface area contributed by atoms with Crippen molar-refractivity contribution in [3.63, 3.8) is 0 Å². The van der Waals surface area contributed by atoms with Gasteiger partial charge in [0.2, 0.25) is 5.91 Å². The predicted molar refractivity (Wildman–Crippen MR) is 56.5 cm³/mol. The standard InChI is InChI=1S/C11H19NO3/c1-10(13)4-2-3-5-11(14)12-6-8-15-9-7-12/h2-9H2,1H3. The van der Waals surface area contributed by atoms with Crippen molar-refractivity contribution in [1.29, 1.82) is 0 Å². The summed E-state index contributed by atoms with van der Waals surface area (Å²) < 4.78 is 5.17. The molecule has 1 rings (SSSR count). The van der Waals surface area contributed by atoms with Crippen molar-refractivity contribution < 1.29 is 14.3 Å². The summed E-state index contributed by atoms with van der Waals surface area (Å²) >= 11 is 0. The number of rotatable bonds is 5. The minimum atomic E-state index is 0.196. The Morgan fingerprint density at radius 1 is 1.13 bits per heavy atom. The smallest absolute Gasteiger partial charge is 0.222 e. The van der Waals surface area contributed by atoms with Crippen LogP contribution in [-0.2, 0) is 14.3 Å². The van der Waals surface area contributed by atoms with Gasteiger partial charge >= 0.3 is 0 Å². The number of hydrogen-bond acceptors (Lipinski definition) is 3. The Labute approximate surface area is 90.6 Å². The van der Waals surface area contributed by atoms with Gasteiger partial charge in [-0.25, -0.2) is 0 Å². The highest BCUT2D eigenvalue weighted by Crippen LogP contribution is 2.05. The summed E-state index contributed by atoms with van der Waals surface area (Å²) in [6.45, 7) is 4.32. The second-order valence-corrected chi connectivity index (χ2v) is 3.90. The normalized spacial score (nSPS) is 16.5. The van der Waals surface area contributed by atoms with Crippen LogP contribution in [0.4, 0.5) is 0 Å². The SMILES string of the molecule is CC(=O)CCCCC(=O)N1CCOCC1. The van der Waals surface area contributed by atoms with E-state index in [0.717, 1.165) is 12.8 Å². The zero-order valence-electron chi connectivity index (χ0n) is 9.33. The topological polar surface area (TPSA) is 46.6 Å². The molecule has 0 radical (unpaired) electrons. The molecule has 4 heteroatoms. The molecular formula is C11H19NO3. The molecule has 1 aliphatic heterocycles. The average Bonchev–Trinajstić information content (AvgIpc) is 2.25. The largest absolute Gasteiger partial charge is 0.378 e. The number of amides is 1. The maximum absolute atomic E-state index is 11.6. The molecule has 0 aromatic carbocycles. The fourth-order valence-corrected chi connectivity index (χ4v) is 1.62. The van der Waals surface area contributed by atoms with E-state index < -0.39 is 0 Å². The van der Waals surface area contributed by atoms with E-state index in [-0.39, 0.29) is 11.7 Å². The fourth-order valence-electron chi connectivity index (χ4n) is 1.62. The number of unbranched alkanes of at least 4 members (excludes halogenated alkanes) is 1. The average molecular weight is 213 g/mol. The van der Waals surface area contributed by atoms with E-state index in [9.17, 15) is 9.59 Å². The zero-order chi connectivity index (χ0) is 11.1. The summed E-state index contributed by atoms with van der Waals surface area (Å²) in [4.78, 5) is 24.2. The number of morpholine rings is 1. The summed E-state index contributed by atoms with van der Waals surface area (Å²) in [6.07, 6.45) is 2.80. The van der Waals surface area contributed by atoms with Crippen molar-refractivity contribution in [3.8, 4) is 0 Å². The van der Waals surface area contributed by atoms with Gasteiger partial charge in [-0.3, -0.25) is 4.79 Å². The van der Waals surface area contributed by atoms with Gasteiger partial charge in [0, 0.05) is 25.9 Å². The number of carbonyl (C=O) groups is 2. The Kier molecular flexibility index (Phi) is 5.32. The zero-order valence-corrected chi connectivity index (χ0v) is 9.33. The summed E-state index contributed by atoms with van der Waals surface area (Å²) in [5, 5.41) is 0. The van der Waals surface area contributed by atoms with Crippen LogP contribution in [0.1, 0.15) is 32.6 Å². The van der Waals surface area contributed by atoms with E-state index in [1.54, 1.807) is 6.92 Å². The van der Waals surface area contributed by atoms with Crippen LogP contribution in [-0.4, -0.2) is 42.9 Å². The molecule has 0 aromatic heterocycles. The number of nitrogens with zero attached hydrogens (tertiary/aromatic N) is 1. The monoisotopic (exact) mass is 213 g/mol. The van der Waals surface area contributed by atoms with Gasteiger partial charge in [-0.1, -0.05) is 0 Å². The lowest BCUT2D eigenvalue weighted by Gasteiger charge is -2.26. The van der Waals surface area contributed by atoms with Crippen molar-refractivity contribution in [2.75, 3.05) is 26.3 Å². The molecule has 15 heavy (non-hydrogen) atoms. The summed E-state index contributed by atoms with van der Waals surface area (Å²) in [7, 11) is 0. The number of carbonyl (C=O) groups excluding carboxylic acids is 2. The molecule has 4 nitrogen and oxygen atoms in total. The van der Waals surface area contributed by atoms with Gasteiger partial charge in [0.05, 0.1) is 13.2 Å². The molecule has 0 unspecified atom stereocenters. The molecule has 0 saturated carbocycles. The maximum Gasteiger partial charge on any atom is 0.222 e. The van der Waals surface area contributed by atoms with E-state index in [1.807, 2.05) is 4.90 Å². The molecule has 0 aromatic rings. The Balaban J connectivity index is 2.09. The third-order valence-corrected chi connectivity index (χ3v) is 2.53. The Bertz CT molecular complexity index is 222. The molecule has 0 bridgehead atoms. The van der Waals surface area contributed by atoms with Gasteiger partial charge in [0.1, 0.15) is 5.78 Å².